The van der Waals surface area contributed by atoms with E-state index in [4.69, 9.17) is 9.47 Å². The molecule has 1 aromatic rings. The molecule has 2 aliphatic rings. The Morgan fingerprint density at radius 3 is 2.40 bits per heavy atom. The first-order valence-electron chi connectivity index (χ1n) is 9.32. The lowest BCUT2D eigenvalue weighted by Crippen LogP contribution is -2.38. The van der Waals surface area contributed by atoms with Gasteiger partial charge in [0.1, 0.15) is 12.4 Å². The predicted molar refractivity (Wildman–Crippen MR) is 97.4 cm³/mol. The Labute approximate surface area is 151 Å². The smallest absolute Gasteiger partial charge is 0.119 e. The van der Waals surface area contributed by atoms with Gasteiger partial charge in [0, 0.05) is 26.2 Å². The molecular formula is C20H29N3O2. The average molecular weight is 343 g/mol. The molecule has 2 fully saturated rings. The van der Waals surface area contributed by atoms with Gasteiger partial charge in [-0.05, 0) is 50.6 Å². The van der Waals surface area contributed by atoms with E-state index in [-0.39, 0.29) is 5.41 Å². The summed E-state index contributed by atoms with van der Waals surface area (Å²) in [6.07, 6.45) is 1.93. The number of nitriles is 1. The van der Waals surface area contributed by atoms with Gasteiger partial charge < -0.3 is 9.47 Å². The average Bonchev–Trinajstić information content (AvgIpc) is 2.66. The van der Waals surface area contributed by atoms with Gasteiger partial charge >= 0.3 is 0 Å². The fourth-order valence-electron chi connectivity index (χ4n) is 3.38. The minimum absolute atomic E-state index is 0.130. The molecule has 5 nitrogen and oxygen atoms in total. The Kier molecular flexibility index (Phi) is 6.30. The second kappa shape index (κ2) is 8.66. The van der Waals surface area contributed by atoms with Crippen molar-refractivity contribution in [1.82, 2.24) is 9.80 Å². The van der Waals surface area contributed by atoms with Crippen LogP contribution in [0, 0.1) is 16.7 Å². The summed E-state index contributed by atoms with van der Waals surface area (Å²) in [5, 5.41) is 9.22. The summed E-state index contributed by atoms with van der Waals surface area (Å²) in [4.78, 5) is 4.82. The molecule has 0 bridgehead atoms. The maximum absolute atomic E-state index is 9.22. The monoisotopic (exact) mass is 343 g/mol. The van der Waals surface area contributed by atoms with Gasteiger partial charge in [0.05, 0.1) is 24.7 Å². The van der Waals surface area contributed by atoms with Gasteiger partial charge in [0.15, 0.2) is 0 Å². The number of piperidine rings is 1. The first-order chi connectivity index (χ1) is 12.2. The standard InChI is InChI=1S/C20H29N3O2/c1-20(17-21)6-8-23(9-7-20)16-18-2-4-19(5-3-18)25-15-12-22-10-13-24-14-11-22/h2-5H,6-16H2,1H3. The van der Waals surface area contributed by atoms with Crippen LogP contribution in [0.25, 0.3) is 0 Å². The van der Waals surface area contributed by atoms with Crippen LogP contribution in [0.15, 0.2) is 24.3 Å². The number of ether oxygens (including phenoxy) is 2. The molecule has 3 rings (SSSR count). The number of hydrogen-bond acceptors (Lipinski definition) is 5. The molecule has 0 radical (unpaired) electrons. The van der Waals surface area contributed by atoms with Crippen molar-refractivity contribution >= 4 is 0 Å². The highest BCUT2D eigenvalue weighted by atomic mass is 16.5. The Morgan fingerprint density at radius 1 is 1.08 bits per heavy atom. The first-order valence-corrected chi connectivity index (χ1v) is 9.32. The molecule has 136 valence electrons. The zero-order chi connectivity index (χ0) is 17.5. The molecule has 0 saturated carbocycles. The lowest BCUT2D eigenvalue weighted by atomic mass is 9.82. The number of hydrogen-bond donors (Lipinski definition) is 0. The van der Waals surface area contributed by atoms with Crippen molar-refractivity contribution in [3.63, 3.8) is 0 Å². The van der Waals surface area contributed by atoms with E-state index >= 15 is 0 Å². The molecule has 0 amide bonds. The van der Waals surface area contributed by atoms with Gasteiger partial charge in [-0.2, -0.15) is 5.26 Å². The lowest BCUT2D eigenvalue weighted by Gasteiger charge is -2.34. The molecule has 0 atom stereocenters. The zero-order valence-corrected chi connectivity index (χ0v) is 15.2. The minimum atomic E-state index is -0.130. The molecule has 2 aliphatic heterocycles. The second-order valence-electron chi connectivity index (χ2n) is 7.40. The second-order valence-corrected chi connectivity index (χ2v) is 7.40. The van der Waals surface area contributed by atoms with Gasteiger partial charge in [0.2, 0.25) is 0 Å². The third-order valence-electron chi connectivity index (χ3n) is 5.34. The van der Waals surface area contributed by atoms with E-state index in [1.165, 1.54) is 5.56 Å². The highest BCUT2D eigenvalue weighted by Crippen LogP contribution is 2.30. The van der Waals surface area contributed by atoms with Crippen LogP contribution in [0.1, 0.15) is 25.3 Å². The molecule has 0 aliphatic carbocycles. The highest BCUT2D eigenvalue weighted by Gasteiger charge is 2.29. The van der Waals surface area contributed by atoms with Crippen LogP contribution in [0.3, 0.4) is 0 Å². The summed E-state index contributed by atoms with van der Waals surface area (Å²) in [5.41, 5.74) is 1.18. The number of rotatable bonds is 6. The first kappa shape index (κ1) is 18.2. The van der Waals surface area contributed by atoms with E-state index in [1.807, 2.05) is 0 Å². The summed E-state index contributed by atoms with van der Waals surface area (Å²) < 4.78 is 11.2. The molecule has 2 heterocycles. The molecule has 2 saturated heterocycles. The van der Waals surface area contributed by atoms with Crippen LogP contribution in [-0.2, 0) is 11.3 Å². The Balaban J connectivity index is 1.39. The summed E-state index contributed by atoms with van der Waals surface area (Å²) >= 11 is 0. The number of nitrogens with zero attached hydrogens (tertiary/aromatic N) is 3. The SMILES string of the molecule is CC1(C#N)CCN(Cc2ccc(OCCN3CCOCC3)cc2)CC1. The molecule has 25 heavy (non-hydrogen) atoms. The lowest BCUT2D eigenvalue weighted by molar-refractivity contribution is 0.0322. The van der Waals surface area contributed by atoms with Crippen LogP contribution in [0.4, 0.5) is 0 Å². The molecule has 5 heteroatoms. The third-order valence-corrected chi connectivity index (χ3v) is 5.34. The van der Waals surface area contributed by atoms with Crippen molar-refractivity contribution in [2.45, 2.75) is 26.3 Å². The van der Waals surface area contributed by atoms with E-state index in [0.717, 1.165) is 77.7 Å². The topological polar surface area (TPSA) is 48.7 Å². The molecular weight excluding hydrogens is 314 g/mol. The van der Waals surface area contributed by atoms with Crippen molar-refractivity contribution < 1.29 is 9.47 Å². The largest absolute Gasteiger partial charge is 0.492 e. The predicted octanol–water partition coefficient (Wildman–Crippen LogP) is 2.52. The summed E-state index contributed by atoms with van der Waals surface area (Å²) in [6, 6.07) is 10.9. The molecule has 0 N–H and O–H groups in total. The molecule has 1 aromatic carbocycles. The highest BCUT2D eigenvalue weighted by molar-refractivity contribution is 5.27. The Hall–Kier alpha value is -1.61. The normalized spacial score (nSPS) is 21.6. The minimum Gasteiger partial charge on any atom is -0.492 e. The fourth-order valence-corrected chi connectivity index (χ4v) is 3.38. The fraction of sp³-hybridized carbons (Fsp3) is 0.650. The van der Waals surface area contributed by atoms with E-state index in [9.17, 15) is 5.26 Å². The van der Waals surface area contributed by atoms with Gasteiger partial charge in [-0.1, -0.05) is 12.1 Å². The summed E-state index contributed by atoms with van der Waals surface area (Å²) in [7, 11) is 0. The van der Waals surface area contributed by atoms with Crippen LogP contribution in [0.5, 0.6) is 5.75 Å². The Bertz CT molecular complexity index is 568. The maximum Gasteiger partial charge on any atom is 0.119 e. The van der Waals surface area contributed by atoms with Gasteiger partial charge in [-0.15, -0.1) is 0 Å². The van der Waals surface area contributed by atoms with Crippen molar-refractivity contribution in [2.24, 2.45) is 5.41 Å². The Morgan fingerprint density at radius 2 is 1.76 bits per heavy atom. The van der Waals surface area contributed by atoms with E-state index in [0.29, 0.717) is 0 Å². The zero-order valence-electron chi connectivity index (χ0n) is 15.2. The van der Waals surface area contributed by atoms with Gasteiger partial charge in [-0.25, -0.2) is 0 Å². The van der Waals surface area contributed by atoms with Crippen LogP contribution in [0.2, 0.25) is 0 Å². The molecule has 0 unspecified atom stereocenters. The molecule has 0 aromatic heterocycles. The van der Waals surface area contributed by atoms with Crippen molar-refractivity contribution in [1.29, 1.82) is 5.26 Å². The number of morpholine rings is 1. The number of benzene rings is 1. The van der Waals surface area contributed by atoms with Gasteiger partial charge in [-0.3, -0.25) is 9.80 Å². The van der Waals surface area contributed by atoms with E-state index in [1.54, 1.807) is 0 Å². The van der Waals surface area contributed by atoms with Gasteiger partial charge in [0.25, 0.3) is 0 Å². The summed E-state index contributed by atoms with van der Waals surface area (Å²) in [5.74, 6) is 0.938. The van der Waals surface area contributed by atoms with Crippen molar-refractivity contribution in [3.8, 4) is 11.8 Å². The van der Waals surface area contributed by atoms with Crippen LogP contribution in [-0.4, -0.2) is 62.3 Å². The summed E-state index contributed by atoms with van der Waals surface area (Å²) in [6.45, 7) is 10.4. The number of likely N-dealkylation sites (tertiary alicyclic amines) is 1. The quantitative estimate of drug-likeness (QED) is 0.794. The van der Waals surface area contributed by atoms with E-state index in [2.05, 4.69) is 47.1 Å². The van der Waals surface area contributed by atoms with E-state index < -0.39 is 0 Å². The van der Waals surface area contributed by atoms with Crippen LogP contribution >= 0.6 is 0 Å². The maximum atomic E-state index is 9.22. The van der Waals surface area contributed by atoms with Crippen molar-refractivity contribution in [3.05, 3.63) is 29.8 Å². The van der Waals surface area contributed by atoms with Crippen LogP contribution < -0.4 is 4.74 Å². The third kappa shape index (κ3) is 5.43. The van der Waals surface area contributed by atoms with Crippen molar-refractivity contribution in [2.75, 3.05) is 52.5 Å². The molecule has 0 spiro atoms.